The van der Waals surface area contributed by atoms with Crippen LogP contribution in [-0.4, -0.2) is 44.3 Å². The van der Waals surface area contributed by atoms with Crippen molar-refractivity contribution >= 4 is 27.7 Å². The first-order chi connectivity index (χ1) is 18.6. The number of aromatic hydroxyl groups is 1. The average molecular weight is 601 g/mol. The first kappa shape index (κ1) is 28.5. The van der Waals surface area contributed by atoms with Crippen molar-refractivity contribution in [3.05, 3.63) is 68.5 Å². The number of nitrogens with one attached hydrogen (secondary N) is 1. The Kier molecular flexibility index (Phi) is 8.59. The number of phenolic OH excluding ortho intramolecular Hbond substituents is 1. The fraction of sp³-hybridized carbons (Fsp3) is 0.400. The van der Waals surface area contributed by atoms with E-state index in [1.54, 1.807) is 26.4 Å². The van der Waals surface area contributed by atoms with Crippen molar-refractivity contribution < 1.29 is 33.6 Å². The molecule has 0 unspecified atom stereocenters. The molecule has 0 radical (unpaired) electrons. The van der Waals surface area contributed by atoms with Gasteiger partial charge in [-0.25, -0.2) is 4.79 Å². The summed E-state index contributed by atoms with van der Waals surface area (Å²) in [5, 5.41) is 13.8. The number of carbonyl (C=O) groups excluding carboxylic acids is 2. The fourth-order valence-electron chi connectivity index (χ4n) is 5.23. The number of rotatable bonds is 8. The molecule has 1 aliphatic carbocycles. The van der Waals surface area contributed by atoms with E-state index in [4.69, 9.17) is 18.9 Å². The van der Waals surface area contributed by atoms with Crippen LogP contribution < -0.4 is 19.5 Å². The number of hydrogen-bond acceptors (Lipinski definition) is 8. The number of methoxy groups -OCH3 is 3. The van der Waals surface area contributed by atoms with Crippen LogP contribution in [0.3, 0.4) is 0 Å². The Morgan fingerprint density at radius 3 is 2.36 bits per heavy atom. The molecule has 0 saturated carbocycles. The predicted molar refractivity (Wildman–Crippen MR) is 150 cm³/mol. The van der Waals surface area contributed by atoms with E-state index in [-0.39, 0.29) is 35.7 Å². The van der Waals surface area contributed by atoms with Crippen LogP contribution in [0.25, 0.3) is 0 Å². The maximum Gasteiger partial charge on any atom is 0.337 e. The number of ketones is 1. The predicted octanol–water partition coefficient (Wildman–Crippen LogP) is 5.88. The summed E-state index contributed by atoms with van der Waals surface area (Å²) in [6, 6.07) is 9.08. The van der Waals surface area contributed by atoms with Crippen LogP contribution in [0.2, 0.25) is 0 Å². The molecule has 0 bridgehead atoms. The van der Waals surface area contributed by atoms with E-state index in [1.807, 2.05) is 39.0 Å². The van der Waals surface area contributed by atoms with Crippen molar-refractivity contribution in [2.75, 3.05) is 21.3 Å². The highest BCUT2D eigenvalue weighted by molar-refractivity contribution is 9.10. The minimum atomic E-state index is -0.692. The minimum absolute atomic E-state index is 0.0580. The lowest BCUT2D eigenvalue weighted by Crippen LogP contribution is -2.36. The summed E-state index contributed by atoms with van der Waals surface area (Å²) >= 11 is 3.40. The van der Waals surface area contributed by atoms with Crippen LogP contribution in [0.4, 0.5) is 0 Å². The molecule has 2 aromatic rings. The number of dihydropyridines is 1. The topological polar surface area (TPSA) is 103 Å². The second kappa shape index (κ2) is 11.7. The first-order valence-corrected chi connectivity index (χ1v) is 13.7. The molecule has 0 fully saturated rings. The number of carbonyl (C=O) groups is 2. The number of esters is 1. The van der Waals surface area contributed by atoms with Crippen molar-refractivity contribution in [2.45, 2.75) is 58.0 Å². The van der Waals surface area contributed by atoms with Gasteiger partial charge >= 0.3 is 5.97 Å². The number of benzene rings is 2. The van der Waals surface area contributed by atoms with Crippen LogP contribution in [0.1, 0.15) is 63.0 Å². The molecule has 0 aromatic heterocycles. The first-order valence-electron chi connectivity index (χ1n) is 12.9. The van der Waals surface area contributed by atoms with Gasteiger partial charge in [0.15, 0.2) is 28.8 Å². The molecule has 4 rings (SSSR count). The third-order valence-electron chi connectivity index (χ3n) is 7.41. The van der Waals surface area contributed by atoms with Gasteiger partial charge in [-0.2, -0.15) is 0 Å². The molecule has 208 valence electrons. The van der Waals surface area contributed by atoms with Crippen molar-refractivity contribution in [2.24, 2.45) is 0 Å². The summed E-state index contributed by atoms with van der Waals surface area (Å²) in [6.45, 7) is 5.60. The molecule has 0 amide bonds. The summed E-state index contributed by atoms with van der Waals surface area (Å²) in [6.07, 6.45) is 1.20. The molecule has 2 aliphatic rings. The second-order valence-corrected chi connectivity index (χ2v) is 10.7. The van der Waals surface area contributed by atoms with Crippen LogP contribution in [0.5, 0.6) is 23.0 Å². The Bertz CT molecular complexity index is 1360. The number of Topliss-reactive ketones (excluding diaryl/α,β-unsaturated/α-hetero) is 1. The third kappa shape index (κ3) is 5.50. The van der Waals surface area contributed by atoms with Crippen LogP contribution >= 0.6 is 15.9 Å². The Morgan fingerprint density at radius 2 is 1.72 bits per heavy atom. The van der Waals surface area contributed by atoms with Crippen molar-refractivity contribution in [3.8, 4) is 23.0 Å². The SMILES string of the molecule is CC[C@H](C)OC(=O)C1=C(C)NC2=C(C(=O)C[C@@H](c3ccc(OC)c(OC)c3)C2)[C@H]1c1cc(Br)c(O)c(OC)c1. The van der Waals surface area contributed by atoms with Crippen molar-refractivity contribution in [1.82, 2.24) is 5.32 Å². The Hall–Kier alpha value is -3.46. The summed E-state index contributed by atoms with van der Waals surface area (Å²) < 4.78 is 22.4. The highest BCUT2D eigenvalue weighted by atomic mass is 79.9. The third-order valence-corrected chi connectivity index (χ3v) is 8.02. The largest absolute Gasteiger partial charge is 0.503 e. The van der Waals surface area contributed by atoms with E-state index in [2.05, 4.69) is 21.2 Å². The van der Waals surface area contributed by atoms with Crippen molar-refractivity contribution in [3.63, 3.8) is 0 Å². The summed E-state index contributed by atoms with van der Waals surface area (Å²) in [5.74, 6) is 0.0605. The lowest BCUT2D eigenvalue weighted by Gasteiger charge is -2.37. The lowest BCUT2D eigenvalue weighted by molar-refractivity contribution is -0.144. The van der Waals surface area contributed by atoms with Gasteiger partial charge in [-0.1, -0.05) is 13.0 Å². The molecule has 2 aromatic carbocycles. The van der Waals surface area contributed by atoms with Gasteiger partial charge in [0.05, 0.1) is 37.5 Å². The zero-order chi connectivity index (χ0) is 28.4. The molecule has 1 aliphatic heterocycles. The van der Waals surface area contributed by atoms with Crippen LogP contribution in [0, 0.1) is 0 Å². The Morgan fingerprint density at radius 1 is 1.05 bits per heavy atom. The fourth-order valence-corrected chi connectivity index (χ4v) is 5.69. The van der Waals surface area contributed by atoms with E-state index >= 15 is 0 Å². The average Bonchev–Trinajstić information content (AvgIpc) is 2.92. The molecule has 9 heteroatoms. The summed E-state index contributed by atoms with van der Waals surface area (Å²) in [7, 11) is 4.62. The number of halogens is 1. The number of hydrogen-bond donors (Lipinski definition) is 2. The highest BCUT2D eigenvalue weighted by Gasteiger charge is 2.42. The standard InChI is InChI=1S/C30H34BrNO7/c1-7-15(2)39-30(35)26-16(3)32-21-11-18(17-8-9-23(36-4)24(13-17)37-5)12-22(33)28(21)27(26)19-10-20(31)29(34)25(14-19)38-6/h8-10,13-15,18,27,32,34H,7,11-12H2,1-6H3/t15-,18-,27-/m0/s1. The summed E-state index contributed by atoms with van der Waals surface area (Å²) in [5.41, 5.74) is 3.87. The van der Waals surface area contributed by atoms with Crippen molar-refractivity contribution in [1.29, 1.82) is 0 Å². The Labute approximate surface area is 237 Å². The second-order valence-electron chi connectivity index (χ2n) is 9.81. The smallest absolute Gasteiger partial charge is 0.337 e. The highest BCUT2D eigenvalue weighted by Crippen LogP contribution is 2.48. The monoisotopic (exact) mass is 599 g/mol. The van der Waals surface area contributed by atoms with E-state index in [9.17, 15) is 14.7 Å². The summed E-state index contributed by atoms with van der Waals surface area (Å²) in [4.78, 5) is 27.4. The number of allylic oxidation sites excluding steroid dienone is 3. The molecule has 0 saturated heterocycles. The van der Waals surface area contributed by atoms with Crippen LogP contribution in [-0.2, 0) is 14.3 Å². The quantitative estimate of drug-likeness (QED) is 0.362. The molecule has 39 heavy (non-hydrogen) atoms. The van der Waals surface area contributed by atoms with Gasteiger partial charge in [0, 0.05) is 29.3 Å². The molecule has 0 spiro atoms. The maximum atomic E-state index is 13.9. The van der Waals surface area contributed by atoms with Gasteiger partial charge in [0.2, 0.25) is 0 Å². The molecule has 3 atom stereocenters. The van der Waals surface area contributed by atoms with Gasteiger partial charge in [-0.15, -0.1) is 0 Å². The van der Waals surface area contributed by atoms with Gasteiger partial charge < -0.3 is 29.4 Å². The van der Waals surface area contributed by atoms with Gasteiger partial charge in [0.25, 0.3) is 0 Å². The minimum Gasteiger partial charge on any atom is -0.503 e. The van der Waals surface area contributed by atoms with E-state index in [1.165, 1.54) is 7.11 Å². The number of ether oxygens (including phenoxy) is 4. The molecule has 2 N–H and O–H groups in total. The molecule has 8 nitrogen and oxygen atoms in total. The Balaban J connectivity index is 1.83. The zero-order valence-corrected chi connectivity index (χ0v) is 24.6. The van der Waals surface area contributed by atoms with E-state index < -0.39 is 11.9 Å². The van der Waals surface area contributed by atoms with E-state index in [0.29, 0.717) is 51.2 Å². The zero-order valence-electron chi connectivity index (χ0n) is 23.0. The maximum absolute atomic E-state index is 13.9. The van der Waals surface area contributed by atoms with Gasteiger partial charge in [0.1, 0.15) is 0 Å². The normalized spacial score (nSPS) is 19.7. The lowest BCUT2D eigenvalue weighted by atomic mass is 9.71. The molecule has 1 heterocycles. The molecular formula is C30H34BrNO7. The van der Waals surface area contributed by atoms with Crippen LogP contribution in [0.15, 0.2) is 57.3 Å². The van der Waals surface area contributed by atoms with Gasteiger partial charge in [-0.3, -0.25) is 4.79 Å². The molecular weight excluding hydrogens is 566 g/mol. The van der Waals surface area contributed by atoms with Gasteiger partial charge in [-0.05, 0) is 83.9 Å². The number of phenols is 1. The van der Waals surface area contributed by atoms with E-state index in [0.717, 1.165) is 11.3 Å².